The zero-order chi connectivity index (χ0) is 30.2. The molecule has 0 aliphatic carbocycles. The number of nitrogens with zero attached hydrogens (tertiary/aromatic N) is 3. The molecular formula is C29H40F3N5O3Si. The molecule has 1 aromatic carbocycles. The molecule has 41 heavy (non-hydrogen) atoms. The smallest absolute Gasteiger partial charge is 0.419 e. The lowest BCUT2D eigenvalue weighted by molar-refractivity contribution is -0.142. The second-order valence-electron chi connectivity index (χ2n) is 13.1. The molecule has 224 valence electrons. The number of nitrogens with one attached hydrogen (secondary N) is 2. The largest absolute Gasteiger partial charge is 0.481 e. The minimum atomic E-state index is -4.68. The number of piperidine rings is 1. The average molecular weight is 592 g/mol. The van der Waals surface area contributed by atoms with E-state index in [1.54, 1.807) is 6.20 Å². The zero-order valence-electron chi connectivity index (χ0n) is 24.5. The van der Waals surface area contributed by atoms with Crippen LogP contribution in [0.25, 0.3) is 22.2 Å². The van der Waals surface area contributed by atoms with Crippen molar-refractivity contribution in [2.45, 2.75) is 77.2 Å². The molecule has 2 aromatic heterocycles. The summed E-state index contributed by atoms with van der Waals surface area (Å²) in [5.74, 6) is -1.51. The predicted molar refractivity (Wildman–Crippen MR) is 157 cm³/mol. The fraction of sp³-hybridized carbons (Fsp3) is 0.552. The van der Waals surface area contributed by atoms with Gasteiger partial charge in [0.25, 0.3) is 0 Å². The maximum atomic E-state index is 14.2. The van der Waals surface area contributed by atoms with Crippen LogP contribution >= 0.6 is 0 Å². The van der Waals surface area contributed by atoms with Gasteiger partial charge in [0, 0.05) is 57.2 Å². The van der Waals surface area contributed by atoms with Crippen LogP contribution in [-0.2, 0) is 27.9 Å². The van der Waals surface area contributed by atoms with E-state index in [-0.39, 0.29) is 29.8 Å². The van der Waals surface area contributed by atoms with Crippen LogP contribution < -0.4 is 10.6 Å². The molecule has 4 rings (SSSR count). The predicted octanol–water partition coefficient (Wildman–Crippen LogP) is 6.20. The summed E-state index contributed by atoms with van der Waals surface area (Å²) in [7, 11) is -1.31. The Morgan fingerprint density at radius 1 is 1.22 bits per heavy atom. The number of rotatable bonds is 9. The van der Waals surface area contributed by atoms with E-state index in [2.05, 4.69) is 61.0 Å². The number of ether oxygens (including phenoxy) is 1. The van der Waals surface area contributed by atoms with Crippen LogP contribution in [0.4, 0.5) is 19.1 Å². The number of aliphatic carboxylic acids is 1. The molecule has 12 heteroatoms. The van der Waals surface area contributed by atoms with Crippen LogP contribution in [0.5, 0.6) is 0 Å². The van der Waals surface area contributed by atoms with E-state index < -0.39 is 31.7 Å². The Hall–Kier alpha value is -2.96. The van der Waals surface area contributed by atoms with Crippen LogP contribution in [0.2, 0.25) is 25.7 Å². The maximum absolute atomic E-state index is 14.2. The van der Waals surface area contributed by atoms with Gasteiger partial charge >= 0.3 is 12.1 Å². The first-order valence-electron chi connectivity index (χ1n) is 13.9. The highest BCUT2D eigenvalue weighted by Gasteiger charge is 2.37. The topological polar surface area (TPSA) is 101 Å². The molecule has 0 radical (unpaired) electrons. The van der Waals surface area contributed by atoms with Gasteiger partial charge in [0.1, 0.15) is 12.3 Å². The number of halogens is 3. The quantitative estimate of drug-likeness (QED) is 0.201. The summed E-state index contributed by atoms with van der Waals surface area (Å²) in [5.41, 5.74) is 0.818. The molecule has 0 bridgehead atoms. The third-order valence-electron chi connectivity index (χ3n) is 7.36. The van der Waals surface area contributed by atoms with Crippen LogP contribution in [-0.4, -0.2) is 59.4 Å². The van der Waals surface area contributed by atoms with Gasteiger partial charge in [0.15, 0.2) is 0 Å². The monoisotopic (exact) mass is 591 g/mol. The lowest BCUT2D eigenvalue weighted by Crippen LogP contribution is -2.46. The normalized spacial score (nSPS) is 18.6. The van der Waals surface area contributed by atoms with Gasteiger partial charge in [0.05, 0.1) is 17.1 Å². The van der Waals surface area contributed by atoms with Crippen molar-refractivity contribution < 1.29 is 27.8 Å². The number of benzene rings is 1. The molecule has 1 aliphatic heterocycles. The Balaban J connectivity index is 1.76. The number of carbonyl (C=O) groups is 1. The molecular weight excluding hydrogens is 551 g/mol. The summed E-state index contributed by atoms with van der Waals surface area (Å²) < 4.78 is 50.6. The number of anilines is 1. The SMILES string of the molecule is CC(C)(C)c1ccc2c(-c3nc(N[C@@H]4CNC[C@H](C(=O)O)C4)ncc3C(F)(F)F)cn(COCC[Si](C)(C)C)c2c1. The molecule has 2 atom stereocenters. The van der Waals surface area contributed by atoms with Crippen molar-refractivity contribution in [2.24, 2.45) is 5.92 Å². The fourth-order valence-corrected chi connectivity index (χ4v) is 5.64. The van der Waals surface area contributed by atoms with E-state index in [0.29, 0.717) is 37.1 Å². The van der Waals surface area contributed by atoms with E-state index in [1.165, 1.54) is 0 Å². The summed E-state index contributed by atoms with van der Waals surface area (Å²) in [6.45, 7) is 14.6. The summed E-state index contributed by atoms with van der Waals surface area (Å²) in [5, 5.41) is 16.1. The van der Waals surface area contributed by atoms with Crippen LogP contribution in [0, 0.1) is 5.92 Å². The molecule has 1 aliphatic rings. The van der Waals surface area contributed by atoms with Crippen LogP contribution in [0.15, 0.2) is 30.6 Å². The molecule has 0 amide bonds. The summed E-state index contributed by atoms with van der Waals surface area (Å²) in [4.78, 5) is 19.8. The second kappa shape index (κ2) is 11.7. The molecule has 0 unspecified atom stereocenters. The highest BCUT2D eigenvalue weighted by molar-refractivity contribution is 6.76. The van der Waals surface area contributed by atoms with Gasteiger partial charge in [-0.1, -0.05) is 52.5 Å². The molecule has 8 nitrogen and oxygen atoms in total. The third kappa shape index (κ3) is 7.66. The molecule has 3 N–H and O–H groups in total. The van der Waals surface area contributed by atoms with Crippen molar-refractivity contribution in [3.05, 3.63) is 41.7 Å². The summed E-state index contributed by atoms with van der Waals surface area (Å²) in [6, 6.07) is 6.43. The Morgan fingerprint density at radius 3 is 2.59 bits per heavy atom. The van der Waals surface area contributed by atoms with E-state index in [0.717, 1.165) is 23.3 Å². The second-order valence-corrected chi connectivity index (χ2v) is 18.7. The van der Waals surface area contributed by atoms with Gasteiger partial charge in [-0.15, -0.1) is 0 Å². The first kappa shape index (κ1) is 31.0. The van der Waals surface area contributed by atoms with E-state index in [4.69, 9.17) is 4.74 Å². The van der Waals surface area contributed by atoms with Crippen molar-refractivity contribution in [1.29, 1.82) is 0 Å². The standard InChI is InChI=1S/C29H40F3N5O3Si/c1-28(2,3)19-7-8-21-22(16-37(24(21)12-19)17-40-9-10-41(4,5)6)25-23(29(30,31)32)15-34-27(36-25)35-20-11-18(26(38)39)13-33-14-20/h7-8,12,15-16,18,20,33H,9-11,13-14,17H2,1-6H3,(H,38,39)(H,34,35,36)/t18-,20+/m1/s1. The number of carboxylic acids is 1. The van der Waals surface area contributed by atoms with Crippen molar-refractivity contribution in [3.63, 3.8) is 0 Å². The fourth-order valence-electron chi connectivity index (χ4n) is 4.88. The third-order valence-corrected chi connectivity index (χ3v) is 9.06. The van der Waals surface area contributed by atoms with Gasteiger partial charge in [-0.2, -0.15) is 13.2 Å². The van der Waals surface area contributed by atoms with Gasteiger partial charge < -0.3 is 25.0 Å². The van der Waals surface area contributed by atoms with E-state index >= 15 is 0 Å². The molecule has 0 spiro atoms. The van der Waals surface area contributed by atoms with Gasteiger partial charge in [-0.25, -0.2) is 9.97 Å². The average Bonchev–Trinajstić information content (AvgIpc) is 3.23. The maximum Gasteiger partial charge on any atom is 0.419 e. The van der Waals surface area contributed by atoms with Crippen molar-refractivity contribution in [1.82, 2.24) is 19.9 Å². The number of aromatic nitrogens is 3. The number of alkyl halides is 3. The summed E-state index contributed by atoms with van der Waals surface area (Å²) in [6.07, 6.45) is -1.89. The van der Waals surface area contributed by atoms with Gasteiger partial charge in [-0.05, 0) is 29.5 Å². The summed E-state index contributed by atoms with van der Waals surface area (Å²) >= 11 is 0. The Morgan fingerprint density at radius 2 is 1.95 bits per heavy atom. The lowest BCUT2D eigenvalue weighted by Gasteiger charge is -2.28. The minimum absolute atomic E-state index is 0.0180. The lowest BCUT2D eigenvalue weighted by atomic mass is 9.86. The number of hydrogen-bond acceptors (Lipinski definition) is 6. The Bertz CT molecular complexity index is 1400. The van der Waals surface area contributed by atoms with Crippen LogP contribution in [0.3, 0.4) is 0 Å². The van der Waals surface area contributed by atoms with Crippen molar-refractivity contribution in [3.8, 4) is 11.3 Å². The van der Waals surface area contributed by atoms with Gasteiger partial charge in [-0.3, -0.25) is 4.79 Å². The van der Waals surface area contributed by atoms with E-state index in [1.807, 2.05) is 22.8 Å². The van der Waals surface area contributed by atoms with Gasteiger partial charge in [0.2, 0.25) is 5.95 Å². The van der Waals surface area contributed by atoms with Crippen molar-refractivity contribution in [2.75, 3.05) is 25.0 Å². The number of fused-ring (bicyclic) bond motifs is 1. The van der Waals surface area contributed by atoms with E-state index in [9.17, 15) is 23.1 Å². The molecule has 3 heterocycles. The molecule has 1 saturated heterocycles. The molecule has 3 aromatic rings. The highest BCUT2D eigenvalue weighted by Crippen LogP contribution is 2.40. The van der Waals surface area contributed by atoms with Crippen LogP contribution in [0.1, 0.15) is 38.3 Å². The molecule has 1 fully saturated rings. The van der Waals surface area contributed by atoms with Crippen molar-refractivity contribution >= 4 is 30.9 Å². The minimum Gasteiger partial charge on any atom is -0.481 e. The zero-order valence-corrected chi connectivity index (χ0v) is 25.5. The Labute approximate surface area is 239 Å². The highest BCUT2D eigenvalue weighted by atomic mass is 28.3. The Kier molecular flexibility index (Phi) is 8.86. The first-order valence-corrected chi connectivity index (χ1v) is 17.6. The number of carboxylic acid groups (broad SMARTS) is 1. The first-order chi connectivity index (χ1) is 19.0. The number of hydrogen-bond donors (Lipinski definition) is 3. The molecule has 0 saturated carbocycles.